The van der Waals surface area contributed by atoms with Gasteiger partial charge in [0.1, 0.15) is 16.5 Å². The number of hydrogen-bond donors (Lipinski definition) is 1. The highest BCUT2D eigenvalue weighted by atomic mass is 32.1. The predicted octanol–water partition coefficient (Wildman–Crippen LogP) is 1.62. The molecule has 1 heterocycles. The van der Waals surface area contributed by atoms with Gasteiger partial charge in [-0.2, -0.15) is 5.26 Å². The zero-order chi connectivity index (χ0) is 8.27. The van der Waals surface area contributed by atoms with E-state index in [0.717, 1.165) is 0 Å². The Morgan fingerprint density at radius 3 is 3.00 bits per heavy atom. The molecule has 56 valence electrons. The first-order chi connectivity index (χ1) is 5.27. The molecule has 0 saturated heterocycles. The minimum Gasteiger partial charge on any atom is -0.495 e. The molecular weight excluding hydrogens is 160 g/mol. The second-order valence-electron chi connectivity index (χ2n) is 1.89. The van der Waals surface area contributed by atoms with Gasteiger partial charge in [0.15, 0.2) is 0 Å². The lowest BCUT2D eigenvalue weighted by Crippen LogP contribution is -1.87. The highest BCUT2D eigenvalue weighted by molar-refractivity contribution is 7.71. The lowest BCUT2D eigenvalue weighted by Gasteiger charge is -1.97. The standard InChI is InChI=1S/C7H6N2OS/c1-10-6-2-5(3-8)7(11)9-4-6/h2,4H,1H3,(H,9,11). The fourth-order valence-electron chi connectivity index (χ4n) is 0.665. The van der Waals surface area contributed by atoms with Crippen molar-refractivity contribution in [3.8, 4) is 11.8 Å². The molecule has 1 rings (SSSR count). The molecule has 0 aliphatic heterocycles. The molecule has 11 heavy (non-hydrogen) atoms. The first kappa shape index (κ1) is 7.76. The van der Waals surface area contributed by atoms with Crippen LogP contribution in [-0.4, -0.2) is 12.1 Å². The zero-order valence-corrected chi connectivity index (χ0v) is 6.73. The number of hydrogen-bond acceptors (Lipinski definition) is 3. The molecule has 0 aromatic carbocycles. The fourth-order valence-corrected chi connectivity index (χ4v) is 0.828. The van der Waals surface area contributed by atoms with Crippen LogP contribution in [0.4, 0.5) is 0 Å². The maximum absolute atomic E-state index is 8.55. The highest BCUT2D eigenvalue weighted by Crippen LogP contribution is 2.10. The van der Waals surface area contributed by atoms with Gasteiger partial charge in [-0.3, -0.25) is 0 Å². The average molecular weight is 166 g/mol. The van der Waals surface area contributed by atoms with E-state index in [1.165, 1.54) is 7.11 Å². The Bertz CT molecular complexity index is 350. The van der Waals surface area contributed by atoms with E-state index in [9.17, 15) is 0 Å². The largest absolute Gasteiger partial charge is 0.495 e. The van der Waals surface area contributed by atoms with Gasteiger partial charge in [0, 0.05) is 12.3 Å². The van der Waals surface area contributed by atoms with E-state index in [2.05, 4.69) is 4.98 Å². The van der Waals surface area contributed by atoms with Gasteiger partial charge in [-0.1, -0.05) is 12.2 Å². The molecule has 0 atom stereocenters. The highest BCUT2D eigenvalue weighted by Gasteiger charge is 1.95. The van der Waals surface area contributed by atoms with Crippen LogP contribution in [0.5, 0.6) is 5.75 Å². The lowest BCUT2D eigenvalue weighted by molar-refractivity contribution is 0.412. The Kier molecular flexibility index (Phi) is 2.24. The number of nitriles is 1. The summed E-state index contributed by atoms with van der Waals surface area (Å²) in [6.07, 6.45) is 1.61. The van der Waals surface area contributed by atoms with Gasteiger partial charge in [-0.15, -0.1) is 0 Å². The molecule has 0 aliphatic rings. The Balaban J connectivity index is 3.26. The maximum Gasteiger partial charge on any atom is 0.136 e. The first-order valence-electron chi connectivity index (χ1n) is 2.94. The van der Waals surface area contributed by atoms with Crippen LogP contribution in [0.2, 0.25) is 0 Å². The number of pyridine rings is 1. The van der Waals surface area contributed by atoms with Gasteiger partial charge in [-0.05, 0) is 0 Å². The Morgan fingerprint density at radius 1 is 1.73 bits per heavy atom. The van der Waals surface area contributed by atoms with Crippen LogP contribution >= 0.6 is 12.2 Å². The molecule has 1 aromatic rings. The van der Waals surface area contributed by atoms with E-state index < -0.39 is 0 Å². The molecule has 0 unspecified atom stereocenters. The summed E-state index contributed by atoms with van der Waals surface area (Å²) < 4.78 is 5.32. The summed E-state index contributed by atoms with van der Waals surface area (Å²) in [5.74, 6) is 0.607. The van der Waals surface area contributed by atoms with E-state index >= 15 is 0 Å². The predicted molar refractivity (Wildman–Crippen MR) is 42.9 cm³/mol. The number of H-pyrrole nitrogens is 1. The summed E-state index contributed by atoms with van der Waals surface area (Å²) in [6, 6.07) is 3.55. The van der Waals surface area contributed by atoms with E-state index in [4.69, 9.17) is 22.2 Å². The van der Waals surface area contributed by atoms with Gasteiger partial charge < -0.3 is 9.72 Å². The summed E-state index contributed by atoms with van der Waals surface area (Å²) in [5, 5.41) is 8.55. The van der Waals surface area contributed by atoms with E-state index in [1.54, 1.807) is 12.3 Å². The summed E-state index contributed by atoms with van der Waals surface area (Å²) in [6.45, 7) is 0. The van der Waals surface area contributed by atoms with E-state index in [-0.39, 0.29) is 0 Å². The number of ether oxygens (including phenoxy) is 1. The van der Waals surface area contributed by atoms with Crippen molar-refractivity contribution in [2.75, 3.05) is 7.11 Å². The van der Waals surface area contributed by atoms with Gasteiger partial charge >= 0.3 is 0 Å². The van der Waals surface area contributed by atoms with E-state index in [1.807, 2.05) is 6.07 Å². The van der Waals surface area contributed by atoms with Gasteiger partial charge in [0.25, 0.3) is 0 Å². The van der Waals surface area contributed by atoms with Crippen molar-refractivity contribution in [3.63, 3.8) is 0 Å². The van der Waals surface area contributed by atoms with Crippen molar-refractivity contribution < 1.29 is 4.74 Å². The minimum atomic E-state index is 0.430. The third-order valence-corrected chi connectivity index (χ3v) is 1.57. The number of methoxy groups -OCH3 is 1. The first-order valence-corrected chi connectivity index (χ1v) is 3.35. The van der Waals surface area contributed by atoms with Crippen LogP contribution in [-0.2, 0) is 0 Å². The van der Waals surface area contributed by atoms with E-state index in [0.29, 0.717) is 16.0 Å². The molecule has 4 heteroatoms. The second-order valence-corrected chi connectivity index (χ2v) is 2.30. The van der Waals surface area contributed by atoms with Gasteiger partial charge in [0.2, 0.25) is 0 Å². The van der Waals surface area contributed by atoms with Crippen molar-refractivity contribution in [2.45, 2.75) is 0 Å². The molecule has 0 aliphatic carbocycles. The molecule has 1 N–H and O–H groups in total. The molecule has 0 bridgehead atoms. The normalized spacial score (nSPS) is 8.73. The third-order valence-electron chi connectivity index (χ3n) is 1.23. The molecular formula is C7H6N2OS. The number of nitrogens with one attached hydrogen (secondary N) is 1. The Morgan fingerprint density at radius 2 is 2.45 bits per heavy atom. The molecule has 0 saturated carbocycles. The van der Waals surface area contributed by atoms with Crippen LogP contribution in [0.3, 0.4) is 0 Å². The summed E-state index contributed by atoms with van der Waals surface area (Å²) in [5.41, 5.74) is 0.430. The fraction of sp³-hybridized carbons (Fsp3) is 0.143. The molecule has 0 fully saturated rings. The van der Waals surface area contributed by atoms with Crippen LogP contribution in [0.15, 0.2) is 12.3 Å². The summed E-state index contributed by atoms with van der Waals surface area (Å²) in [4.78, 5) is 2.74. The number of aromatic amines is 1. The SMILES string of the molecule is COc1c[nH]c(=S)c(C#N)c1. The molecule has 0 amide bonds. The zero-order valence-electron chi connectivity index (χ0n) is 5.92. The molecule has 0 radical (unpaired) electrons. The molecule has 0 spiro atoms. The quantitative estimate of drug-likeness (QED) is 0.645. The number of nitrogens with zero attached hydrogens (tertiary/aromatic N) is 1. The average Bonchev–Trinajstić information content (AvgIpc) is 2.05. The van der Waals surface area contributed by atoms with Crippen LogP contribution < -0.4 is 4.74 Å². The van der Waals surface area contributed by atoms with Gasteiger partial charge in [-0.25, -0.2) is 0 Å². The van der Waals surface area contributed by atoms with Gasteiger partial charge in [0.05, 0.1) is 12.7 Å². The van der Waals surface area contributed by atoms with Crippen LogP contribution in [0, 0.1) is 16.0 Å². The molecule has 1 aromatic heterocycles. The Hall–Kier alpha value is -1.34. The number of aromatic nitrogens is 1. The van der Waals surface area contributed by atoms with Crippen LogP contribution in [0.1, 0.15) is 5.56 Å². The van der Waals surface area contributed by atoms with Crippen molar-refractivity contribution in [1.29, 1.82) is 5.26 Å². The topological polar surface area (TPSA) is 48.8 Å². The minimum absolute atomic E-state index is 0.430. The summed E-state index contributed by atoms with van der Waals surface area (Å²) in [7, 11) is 1.54. The van der Waals surface area contributed by atoms with Crippen molar-refractivity contribution >= 4 is 12.2 Å². The lowest BCUT2D eigenvalue weighted by atomic mass is 10.3. The van der Waals surface area contributed by atoms with Crippen LogP contribution in [0.25, 0.3) is 0 Å². The van der Waals surface area contributed by atoms with Crippen molar-refractivity contribution in [3.05, 3.63) is 22.5 Å². The second kappa shape index (κ2) is 3.17. The number of rotatable bonds is 1. The summed E-state index contributed by atoms with van der Waals surface area (Å²) >= 11 is 4.83. The van der Waals surface area contributed by atoms with Crippen molar-refractivity contribution in [2.24, 2.45) is 0 Å². The maximum atomic E-state index is 8.55. The van der Waals surface area contributed by atoms with Crippen molar-refractivity contribution in [1.82, 2.24) is 4.98 Å². The molecule has 3 nitrogen and oxygen atoms in total. The smallest absolute Gasteiger partial charge is 0.136 e. The monoisotopic (exact) mass is 166 g/mol. The Labute approximate surface area is 69.2 Å². The third kappa shape index (κ3) is 1.57.